The number of rotatable bonds is 6. The van der Waals surface area contributed by atoms with Crippen molar-refractivity contribution in [3.8, 4) is 0 Å². The zero-order valence-electron chi connectivity index (χ0n) is 11.0. The molecule has 20 heavy (non-hydrogen) atoms. The summed E-state index contributed by atoms with van der Waals surface area (Å²) in [5.74, 6) is -0.187. The maximum Gasteiger partial charge on any atom is 0.244 e. The molecule has 0 saturated heterocycles. The zero-order valence-corrected chi connectivity index (χ0v) is 11.8. The molecule has 0 bridgehead atoms. The van der Waals surface area contributed by atoms with Crippen LogP contribution in [-0.4, -0.2) is 23.7 Å². The summed E-state index contributed by atoms with van der Waals surface area (Å²) < 4.78 is 0. The van der Waals surface area contributed by atoms with Crippen molar-refractivity contribution in [2.75, 3.05) is 6.61 Å². The van der Waals surface area contributed by atoms with Gasteiger partial charge in [-0.25, -0.2) is 0 Å². The maximum atomic E-state index is 11.8. The molecule has 1 heterocycles. The van der Waals surface area contributed by atoms with Gasteiger partial charge in [0.05, 0.1) is 12.6 Å². The van der Waals surface area contributed by atoms with Gasteiger partial charge in [-0.2, -0.15) is 0 Å². The molecule has 0 radical (unpaired) electrons. The van der Waals surface area contributed by atoms with E-state index in [9.17, 15) is 9.90 Å². The van der Waals surface area contributed by atoms with Crippen molar-refractivity contribution < 1.29 is 9.90 Å². The molecule has 1 unspecified atom stereocenters. The van der Waals surface area contributed by atoms with Crippen LogP contribution in [0.1, 0.15) is 10.4 Å². The number of aliphatic hydroxyl groups excluding tert-OH is 1. The lowest BCUT2D eigenvalue weighted by Gasteiger charge is -2.15. The molecule has 1 aromatic heterocycles. The number of amides is 1. The van der Waals surface area contributed by atoms with Crippen LogP contribution in [0.5, 0.6) is 0 Å². The second-order valence-corrected chi connectivity index (χ2v) is 5.41. The fourth-order valence-corrected chi connectivity index (χ4v) is 2.47. The van der Waals surface area contributed by atoms with E-state index in [1.807, 2.05) is 47.8 Å². The zero-order chi connectivity index (χ0) is 14.2. The molecule has 3 nitrogen and oxygen atoms in total. The maximum absolute atomic E-state index is 11.8. The Hall–Kier alpha value is -1.91. The van der Waals surface area contributed by atoms with Crippen LogP contribution in [0.3, 0.4) is 0 Å². The summed E-state index contributed by atoms with van der Waals surface area (Å²) in [5.41, 5.74) is 1.09. The first-order chi connectivity index (χ1) is 9.78. The molecule has 0 aliphatic heterocycles. The Morgan fingerprint density at radius 1 is 1.25 bits per heavy atom. The highest BCUT2D eigenvalue weighted by Gasteiger charge is 2.10. The minimum absolute atomic E-state index is 0.0759. The van der Waals surface area contributed by atoms with E-state index in [1.54, 1.807) is 17.4 Å². The van der Waals surface area contributed by atoms with Gasteiger partial charge in [-0.05, 0) is 29.5 Å². The molecule has 1 amide bonds. The second-order valence-electron chi connectivity index (χ2n) is 4.43. The van der Waals surface area contributed by atoms with Gasteiger partial charge in [0.25, 0.3) is 0 Å². The fourth-order valence-electron chi connectivity index (χ4n) is 1.85. The number of benzene rings is 1. The van der Waals surface area contributed by atoms with Crippen LogP contribution in [0.2, 0.25) is 0 Å². The summed E-state index contributed by atoms with van der Waals surface area (Å²) >= 11 is 1.58. The first-order valence-electron chi connectivity index (χ1n) is 6.45. The van der Waals surface area contributed by atoms with Crippen molar-refractivity contribution in [2.45, 2.75) is 12.5 Å². The number of nitrogens with one attached hydrogen (secondary N) is 1. The van der Waals surface area contributed by atoms with Gasteiger partial charge < -0.3 is 10.4 Å². The third kappa shape index (κ3) is 4.64. The van der Waals surface area contributed by atoms with Crippen molar-refractivity contribution in [3.63, 3.8) is 0 Å². The summed E-state index contributed by atoms with van der Waals surface area (Å²) in [6.07, 6.45) is 3.90. The topological polar surface area (TPSA) is 49.3 Å². The molecule has 0 spiro atoms. The van der Waals surface area contributed by atoms with Crippen molar-refractivity contribution in [1.82, 2.24) is 5.32 Å². The predicted octanol–water partition coefficient (Wildman–Crippen LogP) is 2.48. The van der Waals surface area contributed by atoms with Crippen molar-refractivity contribution in [2.24, 2.45) is 0 Å². The van der Waals surface area contributed by atoms with E-state index in [0.717, 1.165) is 10.4 Å². The van der Waals surface area contributed by atoms with Crippen LogP contribution in [0, 0.1) is 0 Å². The first kappa shape index (κ1) is 14.5. The van der Waals surface area contributed by atoms with E-state index >= 15 is 0 Å². The van der Waals surface area contributed by atoms with Gasteiger partial charge in [-0.3, -0.25) is 4.79 Å². The average Bonchev–Trinajstić information content (AvgIpc) is 2.99. The normalized spacial score (nSPS) is 12.4. The van der Waals surface area contributed by atoms with Crippen molar-refractivity contribution in [1.29, 1.82) is 0 Å². The monoisotopic (exact) mass is 287 g/mol. The minimum atomic E-state index is -0.266. The van der Waals surface area contributed by atoms with E-state index in [0.29, 0.717) is 6.42 Å². The molecule has 0 saturated carbocycles. The van der Waals surface area contributed by atoms with Crippen LogP contribution >= 0.6 is 11.3 Å². The highest BCUT2D eigenvalue weighted by molar-refractivity contribution is 7.10. The number of aliphatic hydroxyl groups is 1. The van der Waals surface area contributed by atoms with Gasteiger partial charge in [0.1, 0.15) is 0 Å². The Bertz CT molecular complexity index is 549. The number of hydrogen-bond acceptors (Lipinski definition) is 3. The Balaban J connectivity index is 1.88. The van der Waals surface area contributed by atoms with Crippen LogP contribution in [-0.2, 0) is 11.2 Å². The Morgan fingerprint density at radius 2 is 2.05 bits per heavy atom. The molecule has 4 heteroatoms. The lowest BCUT2D eigenvalue weighted by Crippen LogP contribution is -2.38. The largest absolute Gasteiger partial charge is 0.394 e. The van der Waals surface area contributed by atoms with Crippen molar-refractivity contribution >= 4 is 23.3 Å². The van der Waals surface area contributed by atoms with Crippen LogP contribution < -0.4 is 5.32 Å². The fraction of sp³-hybridized carbons (Fsp3) is 0.188. The second kappa shape index (κ2) is 7.62. The third-order valence-electron chi connectivity index (χ3n) is 2.83. The number of hydrogen-bond donors (Lipinski definition) is 2. The molecular formula is C16H17NO2S. The standard InChI is InChI=1S/C16H17NO2S/c18-12-14(11-13-5-2-1-3-6-13)17-16(19)9-8-15-7-4-10-20-15/h1-10,14,18H,11-12H2,(H,17,19). The van der Waals surface area contributed by atoms with Gasteiger partial charge in [-0.15, -0.1) is 11.3 Å². The van der Waals surface area contributed by atoms with E-state index in [2.05, 4.69) is 5.32 Å². The molecular weight excluding hydrogens is 270 g/mol. The van der Waals surface area contributed by atoms with E-state index in [-0.39, 0.29) is 18.6 Å². The van der Waals surface area contributed by atoms with Gasteiger partial charge in [0.15, 0.2) is 0 Å². The summed E-state index contributed by atoms with van der Waals surface area (Å²) in [6, 6.07) is 13.4. The smallest absolute Gasteiger partial charge is 0.244 e. The van der Waals surface area contributed by atoms with Gasteiger partial charge in [-0.1, -0.05) is 36.4 Å². The molecule has 2 aromatic rings. The van der Waals surface area contributed by atoms with Crippen molar-refractivity contribution in [3.05, 3.63) is 64.4 Å². The van der Waals surface area contributed by atoms with E-state index in [1.165, 1.54) is 6.08 Å². The Morgan fingerprint density at radius 3 is 2.70 bits per heavy atom. The quantitative estimate of drug-likeness (QED) is 0.802. The lowest BCUT2D eigenvalue weighted by atomic mass is 10.1. The number of thiophene rings is 1. The van der Waals surface area contributed by atoms with E-state index in [4.69, 9.17) is 0 Å². The van der Waals surface area contributed by atoms with Crippen LogP contribution in [0.15, 0.2) is 53.9 Å². The molecule has 1 atom stereocenters. The number of carbonyl (C=O) groups is 1. The summed E-state index contributed by atoms with van der Waals surface area (Å²) in [7, 11) is 0. The van der Waals surface area contributed by atoms with Gasteiger partial charge in [0, 0.05) is 11.0 Å². The van der Waals surface area contributed by atoms with Gasteiger partial charge >= 0.3 is 0 Å². The highest BCUT2D eigenvalue weighted by atomic mass is 32.1. The van der Waals surface area contributed by atoms with Gasteiger partial charge in [0.2, 0.25) is 5.91 Å². The first-order valence-corrected chi connectivity index (χ1v) is 7.33. The van der Waals surface area contributed by atoms with Crippen LogP contribution in [0.25, 0.3) is 6.08 Å². The van der Waals surface area contributed by atoms with E-state index < -0.39 is 0 Å². The average molecular weight is 287 g/mol. The summed E-state index contributed by atoms with van der Waals surface area (Å²) in [6.45, 7) is -0.0759. The minimum Gasteiger partial charge on any atom is -0.394 e. The number of carbonyl (C=O) groups excluding carboxylic acids is 1. The Labute approximate surface area is 122 Å². The molecule has 0 aliphatic rings. The highest BCUT2D eigenvalue weighted by Crippen LogP contribution is 2.10. The molecule has 2 N–H and O–H groups in total. The van der Waals surface area contributed by atoms with Crippen LogP contribution in [0.4, 0.5) is 0 Å². The predicted molar refractivity (Wildman–Crippen MR) is 82.5 cm³/mol. The molecule has 0 fully saturated rings. The molecule has 104 valence electrons. The summed E-state index contributed by atoms with van der Waals surface area (Å²) in [4.78, 5) is 12.8. The SMILES string of the molecule is O=C(C=Cc1cccs1)NC(CO)Cc1ccccc1. The molecule has 2 rings (SSSR count). The molecule has 0 aliphatic carbocycles. The molecule has 1 aromatic carbocycles. The summed E-state index contributed by atoms with van der Waals surface area (Å²) in [5, 5.41) is 14.1. The Kier molecular flexibility index (Phi) is 5.53. The third-order valence-corrected chi connectivity index (χ3v) is 3.67. The lowest BCUT2D eigenvalue weighted by molar-refractivity contribution is -0.117.